The van der Waals surface area contributed by atoms with Crippen LogP contribution in [0.5, 0.6) is 0 Å². The van der Waals surface area contributed by atoms with Gasteiger partial charge < -0.3 is 15.5 Å². The Morgan fingerprint density at radius 3 is 2.48 bits per heavy atom. The normalized spacial score (nSPS) is 23.6. The number of hydrogen-bond donors (Lipinski definition) is 2. The van der Waals surface area contributed by atoms with E-state index in [1.165, 1.54) is 5.69 Å². The average Bonchev–Trinajstić information content (AvgIpc) is 3.20. The zero-order chi connectivity index (χ0) is 19.3. The van der Waals surface area contributed by atoms with Crippen molar-refractivity contribution in [2.45, 2.75) is 44.4 Å². The molecule has 2 N–H and O–H groups in total. The van der Waals surface area contributed by atoms with Crippen LogP contribution < -0.4 is 15.5 Å². The molecule has 0 spiro atoms. The Hall–Kier alpha value is -2.18. The number of nitrogens with one attached hydrogen (secondary N) is 2. The minimum Gasteiger partial charge on any atom is -0.364 e. The topological polar surface area (TPSA) is 39.7 Å². The molecule has 1 heterocycles. The highest BCUT2D eigenvalue weighted by Crippen LogP contribution is 2.37. The van der Waals surface area contributed by atoms with Gasteiger partial charge in [-0.1, -0.05) is 30.7 Å². The third kappa shape index (κ3) is 5.40. The number of benzene rings is 1. The molecule has 1 aliphatic carbocycles. The molecule has 7 heteroatoms. The molecule has 3 rings (SSSR count). The molecular formula is C20H27F3N4. The molecule has 2 aliphatic rings. The first-order chi connectivity index (χ1) is 13.0. The molecule has 1 aliphatic heterocycles. The van der Waals surface area contributed by atoms with Gasteiger partial charge in [-0.15, -0.1) is 0 Å². The summed E-state index contributed by atoms with van der Waals surface area (Å²) in [5.41, 5.74) is 2.29. The number of rotatable bonds is 4. The summed E-state index contributed by atoms with van der Waals surface area (Å²) in [5, 5.41) is 6.36. The van der Waals surface area contributed by atoms with Crippen molar-refractivity contribution in [3.63, 3.8) is 0 Å². The molecule has 0 saturated heterocycles. The molecule has 1 aromatic rings. The summed E-state index contributed by atoms with van der Waals surface area (Å²) in [6, 6.07) is 8.12. The predicted octanol–water partition coefficient (Wildman–Crippen LogP) is 3.85. The van der Waals surface area contributed by atoms with Gasteiger partial charge in [0.25, 0.3) is 0 Å². The maximum absolute atomic E-state index is 13.0. The van der Waals surface area contributed by atoms with Crippen molar-refractivity contribution < 1.29 is 13.2 Å². The SMILES string of the molecule is CN=C(NCc1ccc(N2CC=CC2)cc1)NC1CCCC(C(F)(F)F)C1. The first-order valence-corrected chi connectivity index (χ1v) is 9.48. The summed E-state index contributed by atoms with van der Waals surface area (Å²) in [6.45, 7) is 2.45. The third-order valence-corrected chi connectivity index (χ3v) is 5.28. The Morgan fingerprint density at radius 1 is 1.15 bits per heavy atom. The van der Waals surface area contributed by atoms with Gasteiger partial charge in [0.2, 0.25) is 0 Å². The molecule has 4 nitrogen and oxygen atoms in total. The number of alkyl halides is 3. The fourth-order valence-electron chi connectivity index (χ4n) is 3.71. The number of guanidine groups is 1. The minimum atomic E-state index is -4.11. The number of nitrogens with zero attached hydrogens (tertiary/aromatic N) is 2. The lowest BCUT2D eigenvalue weighted by Gasteiger charge is -2.31. The average molecular weight is 380 g/mol. The molecule has 0 radical (unpaired) electrons. The van der Waals surface area contributed by atoms with Gasteiger partial charge in [-0.3, -0.25) is 4.99 Å². The van der Waals surface area contributed by atoms with Crippen LogP contribution in [-0.2, 0) is 6.54 Å². The largest absolute Gasteiger partial charge is 0.391 e. The second-order valence-corrected chi connectivity index (χ2v) is 7.22. The van der Waals surface area contributed by atoms with Crippen LogP contribution in [0.25, 0.3) is 0 Å². The van der Waals surface area contributed by atoms with E-state index in [-0.39, 0.29) is 18.9 Å². The Kier molecular flexibility index (Phi) is 6.29. The van der Waals surface area contributed by atoms with E-state index < -0.39 is 12.1 Å². The van der Waals surface area contributed by atoms with Crippen LogP contribution in [0.4, 0.5) is 18.9 Å². The zero-order valence-electron chi connectivity index (χ0n) is 15.6. The van der Waals surface area contributed by atoms with Gasteiger partial charge in [0, 0.05) is 38.4 Å². The maximum atomic E-state index is 13.0. The Morgan fingerprint density at radius 2 is 1.85 bits per heavy atom. The van der Waals surface area contributed by atoms with Crippen molar-refractivity contribution in [3.8, 4) is 0 Å². The highest BCUT2D eigenvalue weighted by molar-refractivity contribution is 5.80. The van der Waals surface area contributed by atoms with Gasteiger partial charge >= 0.3 is 6.18 Å². The Balaban J connectivity index is 1.49. The van der Waals surface area contributed by atoms with E-state index in [1.807, 2.05) is 0 Å². The van der Waals surface area contributed by atoms with Gasteiger partial charge in [0.15, 0.2) is 5.96 Å². The second kappa shape index (κ2) is 8.67. The Bertz CT molecular complexity index is 659. The molecule has 1 fully saturated rings. The van der Waals surface area contributed by atoms with E-state index in [1.54, 1.807) is 7.05 Å². The maximum Gasteiger partial charge on any atom is 0.391 e. The van der Waals surface area contributed by atoms with Crippen molar-refractivity contribution in [2.24, 2.45) is 10.9 Å². The van der Waals surface area contributed by atoms with Crippen LogP contribution >= 0.6 is 0 Å². The van der Waals surface area contributed by atoms with Gasteiger partial charge in [-0.05, 0) is 37.0 Å². The summed E-state index contributed by atoms with van der Waals surface area (Å²) in [5.74, 6) is -0.662. The lowest BCUT2D eigenvalue weighted by molar-refractivity contribution is -0.183. The van der Waals surface area contributed by atoms with Gasteiger partial charge in [0.05, 0.1) is 5.92 Å². The van der Waals surface area contributed by atoms with E-state index in [9.17, 15) is 13.2 Å². The zero-order valence-corrected chi connectivity index (χ0v) is 15.6. The molecule has 0 bridgehead atoms. The third-order valence-electron chi connectivity index (χ3n) is 5.28. The van der Waals surface area contributed by atoms with E-state index >= 15 is 0 Å². The van der Waals surface area contributed by atoms with Gasteiger partial charge in [-0.25, -0.2) is 0 Å². The van der Waals surface area contributed by atoms with Crippen LogP contribution in [0.15, 0.2) is 41.4 Å². The van der Waals surface area contributed by atoms with E-state index in [0.29, 0.717) is 18.9 Å². The molecule has 1 aromatic carbocycles. The van der Waals surface area contributed by atoms with Crippen LogP contribution in [0, 0.1) is 5.92 Å². The summed E-state index contributed by atoms with van der Waals surface area (Å²) in [7, 11) is 1.64. The van der Waals surface area contributed by atoms with Crippen LogP contribution in [0.2, 0.25) is 0 Å². The van der Waals surface area contributed by atoms with E-state index in [2.05, 4.69) is 56.9 Å². The van der Waals surface area contributed by atoms with E-state index in [0.717, 1.165) is 25.1 Å². The monoisotopic (exact) mass is 380 g/mol. The van der Waals surface area contributed by atoms with Crippen molar-refractivity contribution in [3.05, 3.63) is 42.0 Å². The number of halogens is 3. The number of hydrogen-bond acceptors (Lipinski definition) is 2. The quantitative estimate of drug-likeness (QED) is 0.474. The standard InChI is InChI=1S/C20H27F3N4/c1-24-19(26-17-6-4-5-16(13-17)20(21,22)23)25-14-15-7-9-18(10-8-15)27-11-2-3-12-27/h2-3,7-10,16-17H,4-6,11-14H2,1H3,(H2,24,25,26). The molecule has 148 valence electrons. The fraction of sp³-hybridized carbons (Fsp3) is 0.550. The Labute approximate surface area is 158 Å². The molecule has 27 heavy (non-hydrogen) atoms. The molecule has 2 unspecified atom stereocenters. The molecule has 0 amide bonds. The van der Waals surface area contributed by atoms with Crippen molar-refractivity contribution in [1.82, 2.24) is 10.6 Å². The summed E-state index contributed by atoms with van der Waals surface area (Å²) in [4.78, 5) is 6.44. The summed E-state index contributed by atoms with van der Waals surface area (Å²) in [6.07, 6.45) is 1.87. The second-order valence-electron chi connectivity index (χ2n) is 7.22. The number of anilines is 1. The minimum absolute atomic E-state index is 0.114. The molecular weight excluding hydrogens is 353 g/mol. The predicted molar refractivity (Wildman–Crippen MR) is 103 cm³/mol. The highest BCUT2D eigenvalue weighted by atomic mass is 19.4. The number of aliphatic imine (C=N–C) groups is 1. The van der Waals surface area contributed by atoms with Crippen molar-refractivity contribution in [2.75, 3.05) is 25.0 Å². The molecule has 2 atom stereocenters. The molecule has 0 aromatic heterocycles. The lowest BCUT2D eigenvalue weighted by Crippen LogP contribution is -2.46. The van der Waals surface area contributed by atoms with Gasteiger partial charge in [0.1, 0.15) is 0 Å². The van der Waals surface area contributed by atoms with Crippen molar-refractivity contribution in [1.29, 1.82) is 0 Å². The highest BCUT2D eigenvalue weighted by Gasteiger charge is 2.42. The smallest absolute Gasteiger partial charge is 0.364 e. The first kappa shape index (κ1) is 19.6. The fourth-order valence-corrected chi connectivity index (χ4v) is 3.71. The van der Waals surface area contributed by atoms with Crippen molar-refractivity contribution >= 4 is 11.6 Å². The van der Waals surface area contributed by atoms with E-state index in [4.69, 9.17) is 0 Å². The first-order valence-electron chi connectivity index (χ1n) is 9.48. The van der Waals surface area contributed by atoms with Crippen LogP contribution in [0.3, 0.4) is 0 Å². The van der Waals surface area contributed by atoms with Crippen LogP contribution in [-0.4, -0.2) is 38.3 Å². The molecule has 1 saturated carbocycles. The summed E-state index contributed by atoms with van der Waals surface area (Å²) >= 11 is 0. The van der Waals surface area contributed by atoms with Crippen LogP contribution in [0.1, 0.15) is 31.2 Å². The van der Waals surface area contributed by atoms with Gasteiger partial charge in [-0.2, -0.15) is 13.2 Å². The lowest BCUT2D eigenvalue weighted by atomic mass is 9.85. The summed E-state index contributed by atoms with van der Waals surface area (Å²) < 4.78 is 38.9.